The molecule has 0 amide bonds. The van der Waals surface area contributed by atoms with E-state index in [4.69, 9.17) is 4.74 Å². The van der Waals surface area contributed by atoms with Crippen LogP contribution in [0.15, 0.2) is 0 Å². The summed E-state index contributed by atoms with van der Waals surface area (Å²) < 4.78 is 5.46. The van der Waals surface area contributed by atoms with Gasteiger partial charge in [-0.15, -0.1) is 0 Å². The Kier molecular flexibility index (Phi) is 5.34. The molecule has 0 spiro atoms. The Morgan fingerprint density at radius 1 is 1.25 bits per heavy atom. The van der Waals surface area contributed by atoms with Crippen molar-refractivity contribution in [1.82, 2.24) is 15.0 Å². The molecule has 2 atom stereocenters. The lowest BCUT2D eigenvalue weighted by Gasteiger charge is -2.19. The predicted molar refractivity (Wildman–Crippen MR) is 77.0 cm³/mol. The van der Waals surface area contributed by atoms with E-state index in [0.29, 0.717) is 24.5 Å². The van der Waals surface area contributed by atoms with Gasteiger partial charge in [-0.2, -0.15) is 15.0 Å². The van der Waals surface area contributed by atoms with Crippen molar-refractivity contribution < 1.29 is 9.84 Å². The summed E-state index contributed by atoms with van der Waals surface area (Å²) >= 11 is 0. The minimum Gasteiger partial charge on any atom is -0.463 e. The number of rotatable bonds is 7. The number of ether oxygens (including phenoxy) is 1. The van der Waals surface area contributed by atoms with Crippen LogP contribution in [0.1, 0.15) is 32.6 Å². The lowest BCUT2D eigenvalue weighted by molar-refractivity contribution is 0.222. The molecule has 1 fully saturated rings. The lowest BCUT2D eigenvalue weighted by Crippen LogP contribution is -2.27. The van der Waals surface area contributed by atoms with E-state index >= 15 is 0 Å². The van der Waals surface area contributed by atoms with Crippen LogP contribution in [0, 0.1) is 5.92 Å². The molecule has 2 unspecified atom stereocenters. The molecule has 7 nitrogen and oxygen atoms in total. The highest BCUT2D eigenvalue weighted by molar-refractivity contribution is 5.36. The molecule has 0 aliphatic heterocycles. The first-order chi connectivity index (χ1) is 9.76. The van der Waals surface area contributed by atoms with Crippen molar-refractivity contribution in [3.8, 4) is 6.01 Å². The van der Waals surface area contributed by atoms with E-state index in [2.05, 4.69) is 25.6 Å². The van der Waals surface area contributed by atoms with E-state index in [0.717, 1.165) is 25.7 Å². The third-order valence-electron chi connectivity index (χ3n) is 3.48. The SMILES string of the molecule is CCCOc1nc(NC)nc(NC2CCCC2CO)n1. The molecule has 3 N–H and O–H groups in total. The number of nitrogens with one attached hydrogen (secondary N) is 2. The van der Waals surface area contributed by atoms with Crippen LogP contribution in [-0.4, -0.2) is 46.4 Å². The number of nitrogens with zero attached hydrogens (tertiary/aromatic N) is 3. The first kappa shape index (κ1) is 14.8. The van der Waals surface area contributed by atoms with Crippen molar-refractivity contribution in [2.75, 3.05) is 30.9 Å². The van der Waals surface area contributed by atoms with E-state index in [1.165, 1.54) is 0 Å². The molecule has 1 heterocycles. The van der Waals surface area contributed by atoms with Gasteiger partial charge < -0.3 is 20.5 Å². The number of aromatic nitrogens is 3. The predicted octanol–water partition coefficient (Wildman–Crippen LogP) is 1.27. The monoisotopic (exact) mass is 281 g/mol. The molecule has 1 aromatic rings. The molecule has 0 radical (unpaired) electrons. The summed E-state index contributed by atoms with van der Waals surface area (Å²) in [7, 11) is 1.76. The zero-order valence-corrected chi connectivity index (χ0v) is 12.1. The third-order valence-corrected chi connectivity index (χ3v) is 3.48. The molecule has 7 heteroatoms. The van der Waals surface area contributed by atoms with Crippen LogP contribution in [0.25, 0.3) is 0 Å². The zero-order chi connectivity index (χ0) is 14.4. The van der Waals surface area contributed by atoms with E-state index in [1.807, 2.05) is 6.92 Å². The number of anilines is 2. The van der Waals surface area contributed by atoms with Crippen LogP contribution in [-0.2, 0) is 0 Å². The molecular weight excluding hydrogens is 258 g/mol. The summed E-state index contributed by atoms with van der Waals surface area (Å²) in [6, 6.07) is 0.540. The van der Waals surface area contributed by atoms with Gasteiger partial charge in [0.05, 0.1) is 6.61 Å². The molecule has 1 aromatic heterocycles. The van der Waals surface area contributed by atoms with Gasteiger partial charge >= 0.3 is 6.01 Å². The van der Waals surface area contributed by atoms with Crippen LogP contribution in [0.2, 0.25) is 0 Å². The Bertz CT molecular complexity index is 429. The van der Waals surface area contributed by atoms with Gasteiger partial charge in [-0.3, -0.25) is 0 Å². The van der Waals surface area contributed by atoms with Gasteiger partial charge in [-0.05, 0) is 19.3 Å². The summed E-state index contributed by atoms with van der Waals surface area (Å²) in [6.07, 6.45) is 4.08. The molecule has 1 saturated carbocycles. The Balaban J connectivity index is 2.09. The fourth-order valence-corrected chi connectivity index (χ4v) is 2.40. The summed E-state index contributed by atoms with van der Waals surface area (Å²) in [4.78, 5) is 12.7. The highest BCUT2D eigenvalue weighted by Gasteiger charge is 2.27. The van der Waals surface area contributed by atoms with Gasteiger partial charge in [-0.25, -0.2) is 0 Å². The van der Waals surface area contributed by atoms with Gasteiger partial charge in [0.2, 0.25) is 11.9 Å². The Morgan fingerprint density at radius 2 is 2.05 bits per heavy atom. The second-order valence-corrected chi connectivity index (χ2v) is 4.99. The van der Waals surface area contributed by atoms with Crippen molar-refractivity contribution in [3.05, 3.63) is 0 Å². The highest BCUT2D eigenvalue weighted by Crippen LogP contribution is 2.27. The van der Waals surface area contributed by atoms with E-state index in [-0.39, 0.29) is 18.6 Å². The van der Waals surface area contributed by atoms with E-state index in [9.17, 15) is 5.11 Å². The van der Waals surface area contributed by atoms with Crippen molar-refractivity contribution >= 4 is 11.9 Å². The van der Waals surface area contributed by atoms with Crippen molar-refractivity contribution in [2.45, 2.75) is 38.6 Å². The third kappa shape index (κ3) is 3.69. The fraction of sp³-hybridized carbons (Fsp3) is 0.769. The first-order valence-corrected chi connectivity index (χ1v) is 7.20. The average Bonchev–Trinajstić information content (AvgIpc) is 2.92. The minimum atomic E-state index is 0.195. The first-order valence-electron chi connectivity index (χ1n) is 7.20. The van der Waals surface area contributed by atoms with Crippen molar-refractivity contribution in [1.29, 1.82) is 0 Å². The fourth-order valence-electron chi connectivity index (χ4n) is 2.40. The number of hydrogen-bond donors (Lipinski definition) is 3. The topological polar surface area (TPSA) is 92.2 Å². The molecule has 0 saturated heterocycles. The number of aliphatic hydroxyl groups excluding tert-OH is 1. The van der Waals surface area contributed by atoms with Gasteiger partial charge in [0.1, 0.15) is 0 Å². The van der Waals surface area contributed by atoms with Crippen LogP contribution >= 0.6 is 0 Å². The van der Waals surface area contributed by atoms with Gasteiger partial charge in [-0.1, -0.05) is 13.3 Å². The van der Waals surface area contributed by atoms with E-state index in [1.54, 1.807) is 7.05 Å². The molecule has 1 aliphatic carbocycles. The molecular formula is C13H23N5O2. The molecule has 20 heavy (non-hydrogen) atoms. The number of aliphatic hydroxyl groups is 1. The number of hydrogen-bond acceptors (Lipinski definition) is 7. The lowest BCUT2D eigenvalue weighted by atomic mass is 10.1. The second-order valence-electron chi connectivity index (χ2n) is 4.99. The van der Waals surface area contributed by atoms with Crippen LogP contribution < -0.4 is 15.4 Å². The largest absolute Gasteiger partial charge is 0.463 e. The van der Waals surface area contributed by atoms with Gasteiger partial charge in [0, 0.05) is 25.6 Å². The Labute approximate surface area is 119 Å². The van der Waals surface area contributed by atoms with Crippen LogP contribution in [0.3, 0.4) is 0 Å². The normalized spacial score (nSPS) is 21.8. The Morgan fingerprint density at radius 3 is 2.75 bits per heavy atom. The van der Waals surface area contributed by atoms with E-state index < -0.39 is 0 Å². The maximum atomic E-state index is 9.36. The van der Waals surface area contributed by atoms with Crippen molar-refractivity contribution in [2.24, 2.45) is 5.92 Å². The summed E-state index contributed by atoms with van der Waals surface area (Å²) in [5.74, 6) is 1.25. The molecule has 0 aromatic carbocycles. The van der Waals surface area contributed by atoms with Crippen LogP contribution in [0.5, 0.6) is 6.01 Å². The summed E-state index contributed by atoms with van der Waals surface area (Å²) in [5.41, 5.74) is 0. The smallest absolute Gasteiger partial charge is 0.323 e. The minimum absolute atomic E-state index is 0.195. The average molecular weight is 281 g/mol. The zero-order valence-electron chi connectivity index (χ0n) is 12.1. The van der Waals surface area contributed by atoms with Gasteiger partial charge in [0.25, 0.3) is 0 Å². The van der Waals surface area contributed by atoms with Crippen molar-refractivity contribution in [3.63, 3.8) is 0 Å². The molecule has 2 rings (SSSR count). The maximum absolute atomic E-state index is 9.36. The summed E-state index contributed by atoms with van der Waals surface area (Å²) in [6.45, 7) is 2.81. The second kappa shape index (κ2) is 7.23. The van der Waals surface area contributed by atoms with Crippen LogP contribution in [0.4, 0.5) is 11.9 Å². The molecule has 0 bridgehead atoms. The molecule has 1 aliphatic rings. The Hall–Kier alpha value is -1.63. The summed E-state index contributed by atoms with van der Waals surface area (Å²) in [5, 5.41) is 15.5. The molecule has 112 valence electrons. The van der Waals surface area contributed by atoms with Gasteiger partial charge in [0.15, 0.2) is 0 Å². The maximum Gasteiger partial charge on any atom is 0.323 e. The highest BCUT2D eigenvalue weighted by atomic mass is 16.5. The standard InChI is InChI=1S/C13H23N5O2/c1-3-7-20-13-17-11(14-2)16-12(18-13)15-10-6-4-5-9(10)8-19/h9-10,19H,3-8H2,1-2H3,(H2,14,15,16,17,18). The quantitative estimate of drug-likeness (QED) is 0.693.